The van der Waals surface area contributed by atoms with Crippen molar-refractivity contribution in [2.45, 2.75) is 13.5 Å². The number of nitrogens with zero attached hydrogens (tertiary/aromatic N) is 1. The van der Waals surface area contributed by atoms with Crippen molar-refractivity contribution in [1.29, 1.82) is 0 Å². The Morgan fingerprint density at radius 2 is 1.92 bits per heavy atom. The second-order valence-electron chi connectivity index (χ2n) is 2.99. The third-order valence-electron chi connectivity index (χ3n) is 2.11. The summed E-state index contributed by atoms with van der Waals surface area (Å²) in [5.74, 6) is 0. The molecule has 1 heterocycles. The van der Waals surface area contributed by atoms with Gasteiger partial charge in [0.15, 0.2) is 0 Å². The molecule has 0 atom stereocenters. The Bertz CT molecular complexity index is 373. The van der Waals surface area contributed by atoms with Gasteiger partial charge in [0, 0.05) is 18.3 Å². The van der Waals surface area contributed by atoms with Crippen LogP contribution in [0.3, 0.4) is 0 Å². The number of benzene rings is 1. The van der Waals surface area contributed by atoms with Gasteiger partial charge in [0.25, 0.3) is 0 Å². The van der Waals surface area contributed by atoms with E-state index in [4.69, 9.17) is 0 Å². The first kappa shape index (κ1) is 8.11. The van der Waals surface area contributed by atoms with E-state index in [0.29, 0.717) is 0 Å². The minimum absolute atomic E-state index is 0.979. The summed E-state index contributed by atoms with van der Waals surface area (Å²) >= 11 is 0. The van der Waals surface area contributed by atoms with Crippen LogP contribution < -0.4 is 0 Å². The quantitative estimate of drug-likeness (QED) is 0.653. The lowest BCUT2D eigenvalue weighted by Gasteiger charge is -1.95. The van der Waals surface area contributed by atoms with E-state index < -0.39 is 0 Å². The van der Waals surface area contributed by atoms with Gasteiger partial charge in [0.1, 0.15) is 0 Å². The Hall–Kier alpha value is -1.50. The fourth-order valence-corrected chi connectivity index (χ4v) is 1.36. The Morgan fingerprint density at radius 3 is 2.54 bits per heavy atom. The summed E-state index contributed by atoms with van der Waals surface area (Å²) in [7, 11) is 0. The normalized spacial score (nSPS) is 10.2. The zero-order valence-electron chi connectivity index (χ0n) is 7.70. The third kappa shape index (κ3) is 1.64. The molecule has 0 saturated carbocycles. The lowest BCUT2D eigenvalue weighted by molar-refractivity contribution is 0.764. The zero-order chi connectivity index (χ0) is 9.10. The van der Waals surface area contributed by atoms with Gasteiger partial charge in [-0.1, -0.05) is 30.3 Å². The van der Waals surface area contributed by atoms with Crippen LogP contribution in [0.4, 0.5) is 0 Å². The molecule has 0 spiro atoms. The molecule has 0 bridgehead atoms. The van der Waals surface area contributed by atoms with Crippen molar-refractivity contribution in [3.05, 3.63) is 48.8 Å². The standard InChI is InChI=1S/C12H12N/c1-2-13-9-8-12(10-13)11-6-4-3-5-7-11/h3-9H,2H2,1H3. The van der Waals surface area contributed by atoms with Crippen LogP contribution in [-0.2, 0) is 6.54 Å². The van der Waals surface area contributed by atoms with Gasteiger partial charge in [-0.3, -0.25) is 0 Å². The summed E-state index contributed by atoms with van der Waals surface area (Å²) in [6.07, 6.45) is 5.35. The minimum atomic E-state index is 0.979. The van der Waals surface area contributed by atoms with E-state index in [1.165, 1.54) is 11.1 Å². The molecule has 2 rings (SSSR count). The van der Waals surface area contributed by atoms with Crippen LogP contribution in [-0.4, -0.2) is 4.57 Å². The Kier molecular flexibility index (Phi) is 2.17. The maximum absolute atomic E-state index is 3.30. The highest BCUT2D eigenvalue weighted by molar-refractivity contribution is 5.61. The molecule has 1 nitrogen and oxygen atoms in total. The topological polar surface area (TPSA) is 4.93 Å². The average Bonchev–Trinajstić information content (AvgIpc) is 2.67. The molecule has 0 saturated heterocycles. The molecular formula is C12H12N. The fraction of sp³-hybridized carbons (Fsp3) is 0.167. The highest BCUT2D eigenvalue weighted by Gasteiger charge is 1.98. The fourth-order valence-electron chi connectivity index (χ4n) is 1.36. The molecule has 1 heteroatoms. The van der Waals surface area contributed by atoms with Gasteiger partial charge in [-0.15, -0.1) is 0 Å². The maximum atomic E-state index is 3.30. The number of aromatic nitrogens is 1. The van der Waals surface area contributed by atoms with E-state index in [0.717, 1.165) is 6.54 Å². The minimum Gasteiger partial charge on any atom is -0.346 e. The van der Waals surface area contributed by atoms with Crippen molar-refractivity contribution in [3.8, 4) is 11.1 Å². The van der Waals surface area contributed by atoms with Crippen LogP contribution in [0, 0.1) is 6.20 Å². The van der Waals surface area contributed by atoms with Gasteiger partial charge in [-0.05, 0) is 18.6 Å². The zero-order valence-corrected chi connectivity index (χ0v) is 7.70. The van der Waals surface area contributed by atoms with Crippen LogP contribution in [0.15, 0.2) is 42.6 Å². The van der Waals surface area contributed by atoms with Crippen LogP contribution >= 0.6 is 0 Å². The van der Waals surface area contributed by atoms with Crippen LogP contribution in [0.25, 0.3) is 11.1 Å². The first-order chi connectivity index (χ1) is 6.40. The third-order valence-corrected chi connectivity index (χ3v) is 2.11. The highest BCUT2D eigenvalue weighted by atomic mass is 14.9. The van der Waals surface area contributed by atoms with Gasteiger partial charge in [-0.2, -0.15) is 0 Å². The molecule has 1 aromatic carbocycles. The van der Waals surface area contributed by atoms with E-state index >= 15 is 0 Å². The van der Waals surface area contributed by atoms with Crippen molar-refractivity contribution in [2.75, 3.05) is 0 Å². The SMILES string of the molecule is CCn1[c]c(-c2ccccc2)cc1. The lowest BCUT2D eigenvalue weighted by atomic mass is 10.1. The van der Waals surface area contributed by atoms with E-state index in [9.17, 15) is 0 Å². The molecule has 1 radical (unpaired) electrons. The van der Waals surface area contributed by atoms with E-state index in [-0.39, 0.29) is 0 Å². The van der Waals surface area contributed by atoms with Crippen molar-refractivity contribution < 1.29 is 0 Å². The summed E-state index contributed by atoms with van der Waals surface area (Å²) in [6.45, 7) is 3.10. The highest BCUT2D eigenvalue weighted by Crippen LogP contribution is 2.17. The van der Waals surface area contributed by atoms with E-state index in [1.54, 1.807) is 0 Å². The average molecular weight is 170 g/mol. The molecule has 0 amide bonds. The Labute approximate surface area is 78.6 Å². The molecule has 0 unspecified atom stereocenters. The summed E-state index contributed by atoms with van der Waals surface area (Å²) in [5.41, 5.74) is 2.40. The summed E-state index contributed by atoms with van der Waals surface area (Å²) in [5, 5.41) is 0. The second kappa shape index (κ2) is 3.48. The number of rotatable bonds is 2. The van der Waals surface area contributed by atoms with Gasteiger partial charge in [0.2, 0.25) is 0 Å². The smallest absolute Gasteiger partial charge is 0.0733 e. The Balaban J connectivity index is 2.36. The van der Waals surface area contributed by atoms with Crippen LogP contribution in [0.5, 0.6) is 0 Å². The van der Waals surface area contributed by atoms with Crippen molar-refractivity contribution in [2.24, 2.45) is 0 Å². The summed E-state index contributed by atoms with van der Waals surface area (Å²) in [6, 6.07) is 12.4. The molecule has 65 valence electrons. The molecule has 0 aliphatic rings. The summed E-state index contributed by atoms with van der Waals surface area (Å²) in [4.78, 5) is 0. The predicted molar refractivity (Wildman–Crippen MR) is 54.4 cm³/mol. The molecule has 13 heavy (non-hydrogen) atoms. The van der Waals surface area contributed by atoms with Crippen molar-refractivity contribution in [1.82, 2.24) is 4.57 Å². The predicted octanol–water partition coefficient (Wildman–Crippen LogP) is 2.98. The maximum Gasteiger partial charge on any atom is 0.0733 e. The molecule has 0 fully saturated rings. The van der Waals surface area contributed by atoms with Gasteiger partial charge >= 0.3 is 0 Å². The molecule has 0 N–H and O–H groups in total. The molecule has 1 aromatic heterocycles. The molecule has 0 aliphatic heterocycles. The van der Waals surface area contributed by atoms with Crippen LogP contribution in [0.2, 0.25) is 0 Å². The van der Waals surface area contributed by atoms with Gasteiger partial charge in [0.05, 0.1) is 6.20 Å². The number of hydrogen-bond acceptors (Lipinski definition) is 0. The van der Waals surface area contributed by atoms with Crippen molar-refractivity contribution >= 4 is 0 Å². The molecule has 0 aliphatic carbocycles. The second-order valence-corrected chi connectivity index (χ2v) is 2.99. The molecule has 2 aromatic rings. The van der Waals surface area contributed by atoms with Crippen LogP contribution in [0.1, 0.15) is 6.92 Å². The Morgan fingerprint density at radius 1 is 1.15 bits per heavy atom. The summed E-state index contributed by atoms with van der Waals surface area (Å²) < 4.78 is 2.06. The lowest BCUT2D eigenvalue weighted by Crippen LogP contribution is -1.87. The van der Waals surface area contributed by atoms with E-state index in [1.807, 2.05) is 18.2 Å². The first-order valence-electron chi connectivity index (χ1n) is 4.54. The monoisotopic (exact) mass is 170 g/mol. The van der Waals surface area contributed by atoms with E-state index in [2.05, 4.69) is 42.1 Å². The number of hydrogen-bond donors (Lipinski definition) is 0. The largest absolute Gasteiger partial charge is 0.346 e. The first-order valence-corrected chi connectivity index (χ1v) is 4.54. The van der Waals surface area contributed by atoms with Gasteiger partial charge in [-0.25, -0.2) is 0 Å². The molecular weight excluding hydrogens is 158 g/mol. The number of aryl methyl sites for hydroxylation is 1. The van der Waals surface area contributed by atoms with Gasteiger partial charge < -0.3 is 4.57 Å². The van der Waals surface area contributed by atoms with Crippen molar-refractivity contribution in [3.63, 3.8) is 0 Å².